The van der Waals surface area contributed by atoms with Crippen molar-refractivity contribution in [1.82, 2.24) is 9.21 Å². The van der Waals surface area contributed by atoms with Crippen LogP contribution in [0.5, 0.6) is 5.75 Å². The van der Waals surface area contributed by atoms with Crippen molar-refractivity contribution in [3.63, 3.8) is 0 Å². The molecule has 4 bridgehead atoms. The third-order valence-corrected chi connectivity index (χ3v) is 10.5. The van der Waals surface area contributed by atoms with Crippen molar-refractivity contribution in [3.8, 4) is 5.75 Å². The molecule has 6 rings (SSSR count). The molecule has 0 unspecified atom stereocenters. The summed E-state index contributed by atoms with van der Waals surface area (Å²) in [6, 6.07) is 3.01. The number of halogens is 2. The van der Waals surface area contributed by atoms with Crippen LogP contribution >= 0.6 is 23.2 Å². The summed E-state index contributed by atoms with van der Waals surface area (Å²) in [5.74, 6) is 2.80. The summed E-state index contributed by atoms with van der Waals surface area (Å²) in [6.07, 6.45) is 8.20. The zero-order valence-corrected chi connectivity index (χ0v) is 19.1. The van der Waals surface area contributed by atoms with Gasteiger partial charge in [0.2, 0.25) is 10.0 Å². The Hall–Kier alpha value is -0.530. The lowest BCUT2D eigenvalue weighted by molar-refractivity contribution is -0.0964. The number of methoxy groups -OCH3 is 1. The van der Waals surface area contributed by atoms with Crippen LogP contribution in [0, 0.1) is 17.8 Å². The van der Waals surface area contributed by atoms with Gasteiger partial charge in [-0.1, -0.05) is 23.2 Å². The third kappa shape index (κ3) is 3.30. The largest absolute Gasteiger partial charge is 0.494 e. The lowest BCUT2D eigenvalue weighted by Crippen LogP contribution is -2.64. The first kappa shape index (κ1) is 20.4. The van der Waals surface area contributed by atoms with E-state index in [1.165, 1.54) is 57.8 Å². The molecule has 4 saturated carbocycles. The first-order valence-electron chi connectivity index (χ1n) is 10.6. The maximum Gasteiger partial charge on any atom is 0.246 e. The fourth-order valence-electron chi connectivity index (χ4n) is 6.90. The van der Waals surface area contributed by atoms with Crippen LogP contribution in [-0.4, -0.2) is 56.5 Å². The summed E-state index contributed by atoms with van der Waals surface area (Å²) in [6.45, 7) is 2.62. The van der Waals surface area contributed by atoms with Crippen molar-refractivity contribution in [2.75, 3.05) is 33.3 Å². The molecule has 0 aromatic heterocycles. The second kappa shape index (κ2) is 7.27. The Bertz CT molecular complexity index is 877. The normalized spacial score (nSPS) is 35.2. The van der Waals surface area contributed by atoms with Crippen molar-refractivity contribution in [3.05, 3.63) is 22.2 Å². The average Bonchev–Trinajstić information content (AvgIpc) is 2.69. The van der Waals surface area contributed by atoms with Crippen LogP contribution in [0.3, 0.4) is 0 Å². The Morgan fingerprint density at radius 3 is 2.03 bits per heavy atom. The van der Waals surface area contributed by atoms with Crippen LogP contribution in [0.25, 0.3) is 0 Å². The van der Waals surface area contributed by atoms with Gasteiger partial charge in [0.15, 0.2) is 5.75 Å². The second-order valence-electron chi connectivity index (χ2n) is 9.43. The first-order valence-corrected chi connectivity index (χ1v) is 12.8. The maximum atomic E-state index is 13.3. The average molecular weight is 459 g/mol. The maximum absolute atomic E-state index is 13.3. The summed E-state index contributed by atoms with van der Waals surface area (Å²) < 4.78 is 33.5. The van der Waals surface area contributed by atoms with Crippen molar-refractivity contribution >= 4 is 33.2 Å². The molecular weight excluding hydrogens is 431 g/mol. The first-order chi connectivity index (χ1) is 13.8. The monoisotopic (exact) mass is 458 g/mol. The van der Waals surface area contributed by atoms with E-state index in [9.17, 15) is 8.42 Å². The molecule has 1 aromatic carbocycles. The van der Waals surface area contributed by atoms with Gasteiger partial charge in [0.05, 0.1) is 12.1 Å². The number of nitrogens with zero attached hydrogens (tertiary/aromatic N) is 2. The fraction of sp³-hybridized carbons (Fsp3) is 0.714. The van der Waals surface area contributed by atoms with Gasteiger partial charge < -0.3 is 4.74 Å². The van der Waals surface area contributed by atoms with Gasteiger partial charge in [-0.25, -0.2) is 8.42 Å². The smallest absolute Gasteiger partial charge is 0.246 e. The number of piperazine rings is 1. The van der Waals surface area contributed by atoms with Crippen LogP contribution < -0.4 is 4.74 Å². The topological polar surface area (TPSA) is 49.9 Å². The molecule has 5 fully saturated rings. The minimum Gasteiger partial charge on any atom is -0.494 e. The highest BCUT2D eigenvalue weighted by molar-refractivity contribution is 7.89. The molecule has 0 radical (unpaired) electrons. The lowest BCUT2D eigenvalue weighted by Gasteiger charge is -2.61. The van der Waals surface area contributed by atoms with Crippen LogP contribution in [-0.2, 0) is 10.0 Å². The van der Waals surface area contributed by atoms with Gasteiger partial charge in [0.25, 0.3) is 0 Å². The molecule has 29 heavy (non-hydrogen) atoms. The summed E-state index contributed by atoms with van der Waals surface area (Å²) in [7, 11) is -2.27. The van der Waals surface area contributed by atoms with E-state index in [4.69, 9.17) is 27.9 Å². The highest BCUT2D eigenvalue weighted by Crippen LogP contribution is 2.58. The number of benzene rings is 1. The van der Waals surface area contributed by atoms with Gasteiger partial charge >= 0.3 is 0 Å². The number of rotatable bonds is 4. The zero-order chi connectivity index (χ0) is 20.4. The Morgan fingerprint density at radius 1 is 0.966 bits per heavy atom. The van der Waals surface area contributed by atoms with Crippen LogP contribution in [0.15, 0.2) is 17.0 Å². The molecule has 8 heteroatoms. The van der Waals surface area contributed by atoms with E-state index in [1.54, 1.807) is 4.31 Å². The van der Waals surface area contributed by atoms with Crippen LogP contribution in [0.1, 0.15) is 38.5 Å². The number of hydrogen-bond acceptors (Lipinski definition) is 4. The number of hydrogen-bond donors (Lipinski definition) is 0. The molecule has 0 atom stereocenters. The van der Waals surface area contributed by atoms with Gasteiger partial charge in [-0.3, -0.25) is 4.90 Å². The van der Waals surface area contributed by atoms with E-state index < -0.39 is 10.0 Å². The van der Waals surface area contributed by atoms with Crippen molar-refractivity contribution in [2.45, 2.75) is 49.0 Å². The SMILES string of the molecule is COc1c(S(=O)(=O)N2CCN(C34CC5CC(CC(C5)C3)C4)CC2)ccc(Cl)c1Cl. The Morgan fingerprint density at radius 2 is 1.52 bits per heavy atom. The molecule has 4 aliphatic carbocycles. The van der Waals surface area contributed by atoms with Gasteiger partial charge in [-0.05, 0) is 68.4 Å². The Kier molecular flexibility index (Phi) is 5.11. The molecule has 0 spiro atoms. The fourth-order valence-corrected chi connectivity index (χ4v) is 8.93. The minimum absolute atomic E-state index is 0.0951. The molecule has 1 heterocycles. The minimum atomic E-state index is -3.68. The number of sulfonamides is 1. The summed E-state index contributed by atoms with van der Waals surface area (Å²) in [5, 5.41) is 0.427. The highest BCUT2D eigenvalue weighted by Gasteiger charge is 2.54. The van der Waals surface area contributed by atoms with Gasteiger partial charge in [0.1, 0.15) is 9.92 Å². The van der Waals surface area contributed by atoms with E-state index in [0.717, 1.165) is 30.8 Å². The predicted molar refractivity (Wildman–Crippen MR) is 114 cm³/mol. The molecule has 0 amide bonds. The highest BCUT2D eigenvalue weighted by atomic mass is 35.5. The summed E-state index contributed by atoms with van der Waals surface area (Å²) in [5.41, 5.74) is 0.325. The molecule has 5 aliphatic rings. The quantitative estimate of drug-likeness (QED) is 0.675. The second-order valence-corrected chi connectivity index (χ2v) is 12.1. The zero-order valence-electron chi connectivity index (χ0n) is 16.7. The van der Waals surface area contributed by atoms with Gasteiger partial charge in [-0.15, -0.1) is 0 Å². The van der Waals surface area contributed by atoms with E-state index in [1.807, 2.05) is 0 Å². The molecule has 1 aromatic rings. The van der Waals surface area contributed by atoms with Crippen LogP contribution in [0.2, 0.25) is 10.0 Å². The third-order valence-electron chi connectivity index (χ3n) is 7.75. The Balaban J connectivity index is 1.34. The molecule has 1 aliphatic heterocycles. The Labute approximate surface area is 183 Å². The molecule has 0 N–H and O–H groups in total. The van der Waals surface area contributed by atoms with Crippen LogP contribution in [0.4, 0.5) is 0 Å². The van der Waals surface area contributed by atoms with Crippen molar-refractivity contribution in [1.29, 1.82) is 0 Å². The number of ether oxygens (including phenoxy) is 1. The van der Waals surface area contributed by atoms with E-state index in [2.05, 4.69) is 4.90 Å². The van der Waals surface area contributed by atoms with Crippen molar-refractivity contribution in [2.24, 2.45) is 17.8 Å². The standard InChI is InChI=1S/C21H28Cl2N2O3S/c1-28-20-18(3-2-17(22)19(20)23)29(26,27)25-6-4-24(5-7-25)21-11-14-8-15(12-21)10-16(9-14)13-21/h2-3,14-16H,4-13H2,1H3. The molecular formula is C21H28Cl2N2O3S. The van der Waals surface area contributed by atoms with Gasteiger partial charge in [-0.2, -0.15) is 4.31 Å². The van der Waals surface area contributed by atoms with E-state index in [0.29, 0.717) is 18.6 Å². The lowest BCUT2D eigenvalue weighted by atomic mass is 9.52. The summed E-state index contributed by atoms with van der Waals surface area (Å²) >= 11 is 12.2. The summed E-state index contributed by atoms with van der Waals surface area (Å²) in [4.78, 5) is 2.72. The van der Waals surface area contributed by atoms with Crippen molar-refractivity contribution < 1.29 is 13.2 Å². The predicted octanol–water partition coefficient (Wildman–Crippen LogP) is 4.28. The molecule has 5 nitrogen and oxygen atoms in total. The van der Waals surface area contributed by atoms with E-state index in [-0.39, 0.29) is 20.7 Å². The molecule has 1 saturated heterocycles. The van der Waals surface area contributed by atoms with E-state index >= 15 is 0 Å². The van der Waals surface area contributed by atoms with Gasteiger partial charge in [0, 0.05) is 31.7 Å². The molecule has 160 valence electrons.